The first-order valence-corrected chi connectivity index (χ1v) is 10.4. The molecular weight excluding hydrogens is 444 g/mol. The van der Waals surface area contributed by atoms with Crippen LogP contribution in [0.25, 0.3) is 16.9 Å². The van der Waals surface area contributed by atoms with Crippen molar-refractivity contribution in [2.24, 2.45) is 0 Å². The molecule has 1 fully saturated rings. The third-order valence-corrected chi connectivity index (χ3v) is 5.41. The number of anilines is 3. The Bertz CT molecular complexity index is 1230. The lowest BCUT2D eigenvalue weighted by Gasteiger charge is -2.29. The Balaban J connectivity index is 0.00000259. The molecule has 0 spiro atoms. The minimum absolute atomic E-state index is 0. The molecule has 0 aliphatic carbocycles. The fraction of sp³-hybridized carbons (Fsp3) is 0.273. The molecule has 2 aromatic heterocycles. The minimum atomic E-state index is 0. The van der Waals surface area contributed by atoms with Crippen LogP contribution in [0.1, 0.15) is 0 Å². The number of aromatic nitrogens is 5. The molecule has 0 radical (unpaired) electrons. The predicted octanol–water partition coefficient (Wildman–Crippen LogP) is 2.80. The van der Waals surface area contributed by atoms with Crippen molar-refractivity contribution < 1.29 is 9.47 Å². The summed E-state index contributed by atoms with van der Waals surface area (Å²) in [7, 11) is 3.20. The first-order chi connectivity index (χ1) is 15.7. The maximum absolute atomic E-state index is 5.40. The zero-order chi connectivity index (χ0) is 21.9. The molecule has 1 aliphatic heterocycles. The summed E-state index contributed by atoms with van der Waals surface area (Å²) in [6.07, 6.45) is 1.66. The van der Waals surface area contributed by atoms with Crippen molar-refractivity contribution in [2.45, 2.75) is 0 Å². The molecule has 1 saturated heterocycles. The molecule has 2 aromatic carbocycles. The average Bonchev–Trinajstić information content (AvgIpc) is 3.28. The molecule has 2 N–H and O–H groups in total. The van der Waals surface area contributed by atoms with Crippen LogP contribution < -0.4 is 25.0 Å². The largest absolute Gasteiger partial charge is 0.493 e. The van der Waals surface area contributed by atoms with Crippen LogP contribution >= 0.6 is 12.4 Å². The molecule has 11 heteroatoms. The summed E-state index contributed by atoms with van der Waals surface area (Å²) >= 11 is 0. The van der Waals surface area contributed by atoms with Crippen molar-refractivity contribution in [3.63, 3.8) is 0 Å². The normalized spacial score (nSPS) is 13.5. The Hall–Kier alpha value is -3.63. The van der Waals surface area contributed by atoms with Gasteiger partial charge in [-0.15, -0.1) is 17.5 Å². The second-order valence-corrected chi connectivity index (χ2v) is 7.35. The van der Waals surface area contributed by atoms with Crippen molar-refractivity contribution in [3.05, 3.63) is 48.7 Å². The van der Waals surface area contributed by atoms with Gasteiger partial charge in [0, 0.05) is 43.6 Å². The highest BCUT2D eigenvalue weighted by Crippen LogP contribution is 2.30. The van der Waals surface area contributed by atoms with Gasteiger partial charge in [-0.3, -0.25) is 0 Å². The number of fused-ring (bicyclic) bond motifs is 1. The monoisotopic (exact) mass is 468 g/mol. The summed E-state index contributed by atoms with van der Waals surface area (Å²) in [5.74, 6) is 1.71. The number of nitrogens with zero attached hydrogens (tertiary/aromatic N) is 6. The molecule has 0 unspecified atom stereocenters. The fourth-order valence-electron chi connectivity index (χ4n) is 3.73. The number of benzene rings is 2. The van der Waals surface area contributed by atoms with Gasteiger partial charge in [0.05, 0.1) is 26.1 Å². The quantitative estimate of drug-likeness (QED) is 0.442. The predicted molar refractivity (Wildman–Crippen MR) is 130 cm³/mol. The number of ether oxygens (including phenoxy) is 2. The third kappa shape index (κ3) is 4.62. The molecule has 172 valence electrons. The van der Waals surface area contributed by atoms with E-state index in [4.69, 9.17) is 9.47 Å². The molecule has 5 rings (SSSR count). The number of hydrogen-bond donors (Lipinski definition) is 2. The Morgan fingerprint density at radius 3 is 2.39 bits per heavy atom. The van der Waals surface area contributed by atoms with Gasteiger partial charge in [0.2, 0.25) is 5.95 Å². The molecule has 0 saturated carbocycles. The van der Waals surface area contributed by atoms with E-state index in [1.165, 1.54) is 5.69 Å². The molecular formula is C22H25ClN8O2. The lowest BCUT2D eigenvalue weighted by Crippen LogP contribution is -2.43. The summed E-state index contributed by atoms with van der Waals surface area (Å²) < 4.78 is 12.4. The number of halogens is 1. The first-order valence-electron chi connectivity index (χ1n) is 10.4. The number of rotatable bonds is 6. The van der Waals surface area contributed by atoms with Gasteiger partial charge in [0.1, 0.15) is 0 Å². The average molecular weight is 469 g/mol. The van der Waals surface area contributed by atoms with Gasteiger partial charge in [-0.1, -0.05) is 5.21 Å². The molecule has 4 aromatic rings. The topological polar surface area (TPSA) is 102 Å². The number of nitrogens with one attached hydrogen (secondary N) is 2. The van der Waals surface area contributed by atoms with Crippen molar-refractivity contribution in [1.82, 2.24) is 30.3 Å². The van der Waals surface area contributed by atoms with E-state index in [0.29, 0.717) is 28.6 Å². The highest BCUT2D eigenvalue weighted by atomic mass is 35.5. The molecule has 10 nitrogen and oxygen atoms in total. The van der Waals surface area contributed by atoms with E-state index in [-0.39, 0.29) is 12.4 Å². The van der Waals surface area contributed by atoms with Crippen LogP contribution in [0.5, 0.6) is 11.5 Å². The number of piperazine rings is 1. The van der Waals surface area contributed by atoms with E-state index in [1.807, 2.05) is 30.3 Å². The van der Waals surface area contributed by atoms with Gasteiger partial charge in [-0.05, 0) is 36.4 Å². The maximum Gasteiger partial charge on any atom is 0.229 e. The summed E-state index contributed by atoms with van der Waals surface area (Å²) in [4.78, 5) is 11.4. The molecule has 0 amide bonds. The van der Waals surface area contributed by atoms with Crippen LogP contribution in [-0.4, -0.2) is 65.4 Å². The van der Waals surface area contributed by atoms with Gasteiger partial charge in [0.15, 0.2) is 22.7 Å². The van der Waals surface area contributed by atoms with Gasteiger partial charge in [-0.2, -0.15) is 9.67 Å². The summed E-state index contributed by atoms with van der Waals surface area (Å²) in [6, 6.07) is 13.8. The van der Waals surface area contributed by atoms with E-state index >= 15 is 0 Å². The van der Waals surface area contributed by atoms with E-state index < -0.39 is 0 Å². The number of hydrogen-bond acceptors (Lipinski definition) is 9. The Labute approximate surface area is 197 Å². The summed E-state index contributed by atoms with van der Waals surface area (Å²) in [5.41, 5.74) is 4.07. The molecule has 1 aliphatic rings. The lowest BCUT2D eigenvalue weighted by atomic mass is 10.2. The smallest absolute Gasteiger partial charge is 0.229 e. The summed E-state index contributed by atoms with van der Waals surface area (Å²) in [6.45, 7) is 4.05. The Kier molecular flexibility index (Phi) is 6.76. The zero-order valence-corrected chi connectivity index (χ0v) is 19.2. The van der Waals surface area contributed by atoms with E-state index in [9.17, 15) is 0 Å². The zero-order valence-electron chi connectivity index (χ0n) is 18.4. The van der Waals surface area contributed by atoms with Crippen LogP contribution in [0, 0.1) is 0 Å². The first kappa shape index (κ1) is 22.6. The van der Waals surface area contributed by atoms with Crippen LogP contribution in [0.15, 0.2) is 48.7 Å². The SMILES string of the molecule is COc1ccc(-n2nnc3cnc(Nc4ccc(N5CCNCC5)cc4)nc32)cc1OC.Cl. The maximum atomic E-state index is 5.40. The number of methoxy groups -OCH3 is 2. The summed E-state index contributed by atoms with van der Waals surface area (Å²) in [5, 5.41) is 15.1. The second-order valence-electron chi connectivity index (χ2n) is 7.35. The van der Waals surface area contributed by atoms with Crippen LogP contribution in [0.2, 0.25) is 0 Å². The van der Waals surface area contributed by atoms with Crippen molar-refractivity contribution in [2.75, 3.05) is 50.6 Å². The Morgan fingerprint density at radius 2 is 1.67 bits per heavy atom. The third-order valence-electron chi connectivity index (χ3n) is 5.41. The Morgan fingerprint density at radius 1 is 0.939 bits per heavy atom. The fourth-order valence-corrected chi connectivity index (χ4v) is 3.73. The molecule has 33 heavy (non-hydrogen) atoms. The standard InChI is InChI=1S/C22H24N8O2.ClH/c1-31-19-8-7-17(13-20(19)32-2)30-21-18(27-28-30)14-24-22(26-21)25-15-3-5-16(6-4-15)29-11-9-23-10-12-29;/h3-8,13-14,23H,9-12H2,1-2H3,(H,24,25,26);1H. The van der Waals surface area contributed by atoms with Crippen molar-refractivity contribution >= 4 is 40.9 Å². The van der Waals surface area contributed by atoms with E-state index in [2.05, 4.69) is 47.9 Å². The van der Waals surface area contributed by atoms with Crippen molar-refractivity contribution in [1.29, 1.82) is 0 Å². The minimum Gasteiger partial charge on any atom is -0.493 e. The van der Waals surface area contributed by atoms with Gasteiger partial charge >= 0.3 is 0 Å². The molecule has 0 bridgehead atoms. The van der Waals surface area contributed by atoms with E-state index in [0.717, 1.165) is 37.6 Å². The van der Waals surface area contributed by atoms with Crippen molar-refractivity contribution in [3.8, 4) is 17.2 Å². The van der Waals surface area contributed by atoms with Gasteiger partial charge in [0.25, 0.3) is 0 Å². The molecule has 3 heterocycles. The van der Waals surface area contributed by atoms with Gasteiger partial charge < -0.3 is 25.0 Å². The van der Waals surface area contributed by atoms with Gasteiger partial charge in [-0.25, -0.2) is 4.98 Å². The second kappa shape index (κ2) is 9.88. The lowest BCUT2D eigenvalue weighted by molar-refractivity contribution is 0.355. The van der Waals surface area contributed by atoms with Crippen LogP contribution in [0.4, 0.5) is 17.3 Å². The molecule has 0 atom stereocenters. The highest BCUT2D eigenvalue weighted by molar-refractivity contribution is 5.85. The van der Waals surface area contributed by atoms with Crippen LogP contribution in [-0.2, 0) is 0 Å². The highest BCUT2D eigenvalue weighted by Gasteiger charge is 2.14. The van der Waals surface area contributed by atoms with E-state index in [1.54, 1.807) is 25.1 Å². The van der Waals surface area contributed by atoms with Crippen LogP contribution in [0.3, 0.4) is 0 Å².